The van der Waals surface area contributed by atoms with Crippen LogP contribution in [0, 0.1) is 24.6 Å². The van der Waals surface area contributed by atoms with E-state index >= 15 is 0 Å². The summed E-state index contributed by atoms with van der Waals surface area (Å²) in [7, 11) is 0. The zero-order valence-corrected chi connectivity index (χ0v) is 10.7. The number of carbonyl (C=O) groups excluding carboxylic acids is 1. The van der Waals surface area contributed by atoms with Gasteiger partial charge in [0.05, 0.1) is 17.8 Å². The van der Waals surface area contributed by atoms with Gasteiger partial charge in [0.1, 0.15) is 5.82 Å². The van der Waals surface area contributed by atoms with E-state index in [1.165, 1.54) is 18.2 Å². The summed E-state index contributed by atoms with van der Waals surface area (Å²) < 4.78 is 18.5. The Morgan fingerprint density at radius 3 is 2.90 bits per heavy atom. The van der Waals surface area contributed by atoms with Crippen LogP contribution in [0.2, 0.25) is 0 Å². The van der Waals surface area contributed by atoms with Crippen molar-refractivity contribution < 1.29 is 13.7 Å². The number of aromatic nitrogens is 1. The molecule has 1 aromatic carbocycles. The van der Waals surface area contributed by atoms with Crippen molar-refractivity contribution in [2.75, 3.05) is 11.9 Å². The summed E-state index contributed by atoms with van der Waals surface area (Å²) in [5, 5.41) is 6.11. The largest absolute Gasteiger partial charge is 0.351 e. The Kier molecular flexibility index (Phi) is 4.13. The van der Waals surface area contributed by atoms with Crippen LogP contribution in [0.4, 0.5) is 10.1 Å². The molecule has 1 aromatic heterocycles. The maximum Gasteiger partial charge on any atom is 0.294 e. The molecule has 0 fully saturated rings. The molecule has 102 valence electrons. The fraction of sp³-hybridized carbons (Fsp3) is 0.143. The van der Waals surface area contributed by atoms with Crippen LogP contribution in [0.1, 0.15) is 21.8 Å². The topological polar surface area (TPSA) is 81.2 Å². The average Bonchev–Trinajstić information content (AvgIpc) is 2.85. The molecule has 0 aliphatic rings. The third-order valence-corrected chi connectivity index (χ3v) is 2.40. The first kappa shape index (κ1) is 13.8. The first-order valence-electron chi connectivity index (χ1n) is 5.83. The number of nitrogens with zero attached hydrogens (tertiary/aromatic N) is 1. The van der Waals surface area contributed by atoms with Crippen LogP contribution < -0.4 is 11.1 Å². The van der Waals surface area contributed by atoms with Gasteiger partial charge in [-0.1, -0.05) is 17.0 Å². The number of nitrogens with two attached hydrogens (primary N) is 1. The predicted molar refractivity (Wildman–Crippen MR) is 71.5 cm³/mol. The number of amides is 1. The summed E-state index contributed by atoms with van der Waals surface area (Å²) in [6, 6.07) is 5.69. The minimum absolute atomic E-state index is 0.0647. The summed E-state index contributed by atoms with van der Waals surface area (Å²) >= 11 is 0. The highest BCUT2D eigenvalue weighted by atomic mass is 19.1. The molecular formula is C14H12FN3O2. The summed E-state index contributed by atoms with van der Waals surface area (Å²) in [5.41, 5.74) is 6.34. The Hall–Kier alpha value is -2.65. The second kappa shape index (κ2) is 5.99. The molecule has 1 amide bonds. The van der Waals surface area contributed by atoms with Crippen LogP contribution in [-0.2, 0) is 0 Å². The Morgan fingerprint density at radius 1 is 1.50 bits per heavy atom. The van der Waals surface area contributed by atoms with Gasteiger partial charge in [0.2, 0.25) is 5.76 Å². The minimum atomic E-state index is -0.530. The van der Waals surface area contributed by atoms with Crippen molar-refractivity contribution in [2.24, 2.45) is 5.73 Å². The van der Waals surface area contributed by atoms with E-state index < -0.39 is 11.7 Å². The summed E-state index contributed by atoms with van der Waals surface area (Å²) in [5.74, 6) is 4.20. The maximum absolute atomic E-state index is 13.7. The van der Waals surface area contributed by atoms with Gasteiger partial charge in [0.15, 0.2) is 0 Å². The standard InChI is InChI=1S/C14H12FN3O2/c1-9-7-13(20-18-9)14(19)17-11-5-4-10(3-2-6-16)12(15)8-11/h4-5,7-8H,6,16H2,1H3,(H,17,19). The van der Waals surface area contributed by atoms with Crippen molar-refractivity contribution in [3.63, 3.8) is 0 Å². The van der Waals surface area contributed by atoms with Gasteiger partial charge in [-0.15, -0.1) is 0 Å². The molecule has 0 saturated heterocycles. The van der Waals surface area contributed by atoms with E-state index in [1.54, 1.807) is 13.0 Å². The average molecular weight is 273 g/mol. The van der Waals surface area contributed by atoms with Gasteiger partial charge in [-0.2, -0.15) is 0 Å². The Balaban J connectivity index is 2.14. The molecule has 2 aromatic rings. The number of carbonyl (C=O) groups is 1. The molecule has 0 aliphatic heterocycles. The van der Waals surface area contributed by atoms with E-state index in [-0.39, 0.29) is 17.9 Å². The van der Waals surface area contributed by atoms with Crippen molar-refractivity contribution in [1.82, 2.24) is 5.16 Å². The smallest absolute Gasteiger partial charge is 0.294 e. The molecule has 0 radical (unpaired) electrons. The first-order chi connectivity index (χ1) is 9.60. The molecule has 5 nitrogen and oxygen atoms in total. The highest BCUT2D eigenvalue weighted by molar-refractivity contribution is 6.02. The number of benzene rings is 1. The van der Waals surface area contributed by atoms with Gasteiger partial charge in [-0.25, -0.2) is 4.39 Å². The molecule has 0 aliphatic carbocycles. The van der Waals surface area contributed by atoms with Crippen molar-refractivity contribution in [3.8, 4) is 11.8 Å². The van der Waals surface area contributed by atoms with E-state index in [1.807, 2.05) is 0 Å². The molecule has 0 atom stereocenters. The molecule has 0 saturated carbocycles. The Labute approximate surface area is 114 Å². The van der Waals surface area contributed by atoms with Gasteiger partial charge >= 0.3 is 0 Å². The van der Waals surface area contributed by atoms with Crippen LogP contribution in [0.3, 0.4) is 0 Å². The third kappa shape index (κ3) is 3.22. The van der Waals surface area contributed by atoms with Crippen molar-refractivity contribution >= 4 is 11.6 Å². The van der Waals surface area contributed by atoms with Gasteiger partial charge in [0.25, 0.3) is 5.91 Å². The first-order valence-corrected chi connectivity index (χ1v) is 5.83. The monoisotopic (exact) mass is 273 g/mol. The lowest BCUT2D eigenvalue weighted by molar-refractivity contribution is 0.0988. The minimum Gasteiger partial charge on any atom is -0.351 e. The summed E-state index contributed by atoms with van der Waals surface area (Å²) in [6.45, 7) is 1.85. The zero-order chi connectivity index (χ0) is 14.5. The lowest BCUT2D eigenvalue weighted by atomic mass is 10.2. The number of hydrogen-bond donors (Lipinski definition) is 2. The molecule has 0 unspecified atom stereocenters. The molecular weight excluding hydrogens is 261 g/mol. The molecule has 2 rings (SSSR count). The molecule has 0 bridgehead atoms. The van der Waals surface area contributed by atoms with Gasteiger partial charge in [-0.05, 0) is 25.1 Å². The number of nitrogens with one attached hydrogen (secondary N) is 1. The molecule has 3 N–H and O–H groups in total. The number of rotatable bonds is 2. The fourth-order valence-electron chi connectivity index (χ4n) is 1.50. The van der Waals surface area contributed by atoms with Crippen LogP contribution in [-0.4, -0.2) is 17.6 Å². The molecule has 6 heteroatoms. The zero-order valence-electron chi connectivity index (χ0n) is 10.7. The third-order valence-electron chi connectivity index (χ3n) is 2.40. The second-order valence-electron chi connectivity index (χ2n) is 3.99. The van der Waals surface area contributed by atoms with E-state index in [9.17, 15) is 9.18 Å². The van der Waals surface area contributed by atoms with E-state index in [0.29, 0.717) is 11.4 Å². The van der Waals surface area contributed by atoms with Gasteiger partial charge < -0.3 is 15.6 Å². The van der Waals surface area contributed by atoms with Crippen molar-refractivity contribution in [1.29, 1.82) is 0 Å². The van der Waals surface area contributed by atoms with Gasteiger partial charge in [0, 0.05) is 11.8 Å². The quantitative estimate of drug-likeness (QED) is 0.816. The van der Waals surface area contributed by atoms with E-state index in [0.717, 1.165) is 0 Å². The van der Waals surface area contributed by atoms with Crippen molar-refractivity contribution in [2.45, 2.75) is 6.92 Å². The Morgan fingerprint density at radius 2 is 2.30 bits per heavy atom. The normalized spacial score (nSPS) is 9.75. The molecule has 0 spiro atoms. The van der Waals surface area contributed by atoms with Crippen LogP contribution in [0.25, 0.3) is 0 Å². The van der Waals surface area contributed by atoms with Crippen LogP contribution in [0.5, 0.6) is 0 Å². The lowest BCUT2D eigenvalue weighted by Crippen LogP contribution is -2.11. The molecule has 20 heavy (non-hydrogen) atoms. The second-order valence-corrected chi connectivity index (χ2v) is 3.99. The lowest BCUT2D eigenvalue weighted by Gasteiger charge is -2.03. The predicted octanol–water partition coefficient (Wildman–Crippen LogP) is 1.68. The number of aryl methyl sites for hydroxylation is 1. The van der Waals surface area contributed by atoms with Crippen molar-refractivity contribution in [3.05, 3.63) is 47.1 Å². The number of hydrogen-bond acceptors (Lipinski definition) is 4. The molecule has 1 heterocycles. The summed E-state index contributed by atoms with van der Waals surface area (Å²) in [4.78, 5) is 11.8. The van der Waals surface area contributed by atoms with E-state index in [4.69, 9.17) is 10.3 Å². The van der Waals surface area contributed by atoms with Gasteiger partial charge in [-0.3, -0.25) is 4.79 Å². The highest BCUT2D eigenvalue weighted by Gasteiger charge is 2.12. The fourth-order valence-corrected chi connectivity index (χ4v) is 1.50. The number of halogens is 1. The van der Waals surface area contributed by atoms with Crippen LogP contribution in [0.15, 0.2) is 28.8 Å². The Bertz CT molecular complexity index is 698. The maximum atomic E-state index is 13.7. The summed E-state index contributed by atoms with van der Waals surface area (Å²) in [6.07, 6.45) is 0. The van der Waals surface area contributed by atoms with E-state index in [2.05, 4.69) is 22.3 Å². The van der Waals surface area contributed by atoms with Crippen LogP contribution >= 0.6 is 0 Å². The SMILES string of the molecule is Cc1cc(C(=O)Nc2ccc(C#CCN)c(F)c2)on1. The highest BCUT2D eigenvalue weighted by Crippen LogP contribution is 2.15. The number of anilines is 1.